The van der Waals surface area contributed by atoms with E-state index in [9.17, 15) is 12.8 Å². The molecule has 0 aliphatic heterocycles. The second-order valence-corrected chi connectivity index (χ2v) is 8.73. The minimum absolute atomic E-state index is 0.0660. The van der Waals surface area contributed by atoms with Gasteiger partial charge in [-0.05, 0) is 48.9 Å². The predicted molar refractivity (Wildman–Crippen MR) is 121 cm³/mol. The molecule has 3 N–H and O–H groups in total. The third-order valence-corrected chi connectivity index (χ3v) is 6.76. The van der Waals surface area contributed by atoms with Gasteiger partial charge in [-0.2, -0.15) is 4.39 Å². The van der Waals surface area contributed by atoms with Gasteiger partial charge in [0.25, 0.3) is 10.0 Å². The summed E-state index contributed by atoms with van der Waals surface area (Å²) in [4.78, 5) is 3.72. The maximum Gasteiger partial charge on any atom is 0.266 e. The Labute approximate surface area is 186 Å². The molecule has 10 heteroatoms. The Balaban J connectivity index is 2.19. The van der Waals surface area contributed by atoms with Gasteiger partial charge in [-0.25, -0.2) is 17.7 Å². The zero-order valence-electron chi connectivity index (χ0n) is 17.8. The average molecular weight is 459 g/mol. The number of halogens is 1. The number of nitrogens with one attached hydrogen (secondary N) is 1. The molecule has 168 valence electrons. The van der Waals surface area contributed by atoms with Crippen molar-refractivity contribution in [2.24, 2.45) is 0 Å². The fourth-order valence-electron chi connectivity index (χ4n) is 3.21. The number of methoxy groups -OCH3 is 2. The van der Waals surface area contributed by atoms with Crippen LogP contribution in [-0.2, 0) is 16.6 Å². The van der Waals surface area contributed by atoms with Crippen molar-refractivity contribution in [2.75, 3.05) is 24.3 Å². The number of sulfonamides is 1. The molecule has 1 heterocycles. The van der Waals surface area contributed by atoms with Crippen LogP contribution < -0.4 is 19.5 Å². The molecule has 3 rings (SSSR count). The van der Waals surface area contributed by atoms with Gasteiger partial charge in [0.1, 0.15) is 17.3 Å². The molecule has 0 radical (unpaired) electrons. The first-order chi connectivity index (χ1) is 15.2. The SMILES string of the molecule is COc1ccc(CN(c2cccc(F)n2)S(=O)(=O)c2cc(C=N)c(N)cc2C)c(OC)c1. The summed E-state index contributed by atoms with van der Waals surface area (Å²) < 4.78 is 53.0. The number of hydrogen-bond acceptors (Lipinski definition) is 7. The lowest BCUT2D eigenvalue weighted by atomic mass is 10.1. The Morgan fingerprint density at radius 3 is 2.53 bits per heavy atom. The van der Waals surface area contributed by atoms with Gasteiger partial charge >= 0.3 is 0 Å². The molecule has 32 heavy (non-hydrogen) atoms. The highest BCUT2D eigenvalue weighted by molar-refractivity contribution is 7.92. The summed E-state index contributed by atoms with van der Waals surface area (Å²) in [6, 6.07) is 11.7. The Morgan fingerprint density at radius 2 is 1.91 bits per heavy atom. The summed E-state index contributed by atoms with van der Waals surface area (Å²) in [7, 11) is -1.27. The molecule has 0 atom stereocenters. The lowest BCUT2D eigenvalue weighted by molar-refractivity contribution is 0.391. The van der Waals surface area contributed by atoms with Gasteiger partial charge in [0, 0.05) is 29.1 Å². The first kappa shape index (κ1) is 23.0. The van der Waals surface area contributed by atoms with E-state index in [1.165, 1.54) is 38.5 Å². The Bertz CT molecular complexity index is 1260. The molecule has 0 amide bonds. The summed E-state index contributed by atoms with van der Waals surface area (Å²) >= 11 is 0. The second-order valence-electron chi connectivity index (χ2n) is 6.90. The Hall–Kier alpha value is -3.66. The third-order valence-electron chi connectivity index (χ3n) is 4.87. The monoisotopic (exact) mass is 458 g/mol. The molecular weight excluding hydrogens is 435 g/mol. The summed E-state index contributed by atoms with van der Waals surface area (Å²) in [6.07, 6.45) is 0.977. The van der Waals surface area contributed by atoms with Crippen molar-refractivity contribution >= 4 is 27.7 Å². The molecule has 0 aliphatic rings. The molecule has 0 aliphatic carbocycles. The van der Waals surface area contributed by atoms with Gasteiger partial charge in [-0.1, -0.05) is 6.07 Å². The number of nitrogen functional groups attached to an aromatic ring is 1. The van der Waals surface area contributed by atoms with Crippen molar-refractivity contribution in [1.82, 2.24) is 4.98 Å². The molecule has 0 unspecified atom stereocenters. The molecule has 0 bridgehead atoms. The van der Waals surface area contributed by atoms with E-state index in [0.29, 0.717) is 22.6 Å². The van der Waals surface area contributed by atoms with Crippen LogP contribution in [0.1, 0.15) is 16.7 Å². The van der Waals surface area contributed by atoms with Crippen LogP contribution >= 0.6 is 0 Å². The minimum Gasteiger partial charge on any atom is -0.497 e. The first-order valence-electron chi connectivity index (χ1n) is 9.48. The number of pyridine rings is 1. The molecule has 0 saturated carbocycles. The maximum absolute atomic E-state index is 13.9. The highest BCUT2D eigenvalue weighted by Crippen LogP contribution is 2.32. The molecule has 2 aromatic carbocycles. The van der Waals surface area contributed by atoms with Gasteiger partial charge < -0.3 is 20.6 Å². The highest BCUT2D eigenvalue weighted by Gasteiger charge is 2.29. The van der Waals surface area contributed by atoms with Crippen molar-refractivity contribution in [3.8, 4) is 11.5 Å². The molecule has 3 aromatic rings. The van der Waals surface area contributed by atoms with E-state index in [4.69, 9.17) is 20.6 Å². The van der Waals surface area contributed by atoms with Crippen LogP contribution in [0.2, 0.25) is 0 Å². The fraction of sp³-hybridized carbons (Fsp3) is 0.182. The predicted octanol–water partition coefficient (Wildman–Crippen LogP) is 3.52. The number of aryl methyl sites for hydroxylation is 1. The molecule has 1 aromatic heterocycles. The third kappa shape index (κ3) is 4.50. The van der Waals surface area contributed by atoms with Crippen LogP contribution in [0.4, 0.5) is 15.9 Å². The van der Waals surface area contributed by atoms with Crippen LogP contribution in [0.5, 0.6) is 11.5 Å². The van der Waals surface area contributed by atoms with Crippen molar-refractivity contribution in [3.05, 3.63) is 71.2 Å². The smallest absolute Gasteiger partial charge is 0.266 e. The second kappa shape index (κ2) is 9.23. The number of benzene rings is 2. The maximum atomic E-state index is 13.9. The fourth-order valence-corrected chi connectivity index (χ4v) is 4.85. The quantitative estimate of drug-likeness (QED) is 0.303. The van der Waals surface area contributed by atoms with E-state index in [1.54, 1.807) is 25.1 Å². The summed E-state index contributed by atoms with van der Waals surface area (Å²) in [5, 5.41) is 7.52. The van der Waals surface area contributed by atoms with Gasteiger partial charge in [0.05, 0.1) is 25.7 Å². The van der Waals surface area contributed by atoms with Crippen molar-refractivity contribution in [2.45, 2.75) is 18.4 Å². The van der Waals surface area contributed by atoms with Crippen LogP contribution in [0, 0.1) is 18.3 Å². The Morgan fingerprint density at radius 1 is 1.16 bits per heavy atom. The van der Waals surface area contributed by atoms with E-state index in [1.807, 2.05) is 0 Å². The average Bonchev–Trinajstić information content (AvgIpc) is 2.77. The highest BCUT2D eigenvalue weighted by atomic mass is 32.2. The van der Waals surface area contributed by atoms with Gasteiger partial charge in [-0.3, -0.25) is 0 Å². The van der Waals surface area contributed by atoms with Crippen LogP contribution in [0.25, 0.3) is 0 Å². The zero-order chi connectivity index (χ0) is 23.5. The lowest BCUT2D eigenvalue weighted by Gasteiger charge is -2.25. The summed E-state index contributed by atoms with van der Waals surface area (Å²) in [5.41, 5.74) is 7.33. The van der Waals surface area contributed by atoms with E-state index in [-0.39, 0.29) is 28.5 Å². The Kier molecular flexibility index (Phi) is 6.64. The van der Waals surface area contributed by atoms with E-state index in [2.05, 4.69) is 4.98 Å². The van der Waals surface area contributed by atoms with E-state index >= 15 is 0 Å². The number of anilines is 2. The van der Waals surface area contributed by atoms with E-state index < -0.39 is 16.0 Å². The first-order valence-corrected chi connectivity index (χ1v) is 10.9. The van der Waals surface area contributed by atoms with Gasteiger partial charge in [-0.15, -0.1) is 0 Å². The molecule has 8 nitrogen and oxygen atoms in total. The number of nitrogens with two attached hydrogens (primary N) is 1. The van der Waals surface area contributed by atoms with E-state index in [0.717, 1.165) is 16.6 Å². The zero-order valence-corrected chi connectivity index (χ0v) is 18.6. The molecule has 0 fully saturated rings. The molecule has 0 saturated heterocycles. The van der Waals surface area contributed by atoms with Gasteiger partial charge in [0.2, 0.25) is 5.95 Å². The molecular formula is C22H23FN4O4S. The number of ether oxygens (including phenoxy) is 2. The van der Waals surface area contributed by atoms with Crippen molar-refractivity contribution in [3.63, 3.8) is 0 Å². The van der Waals surface area contributed by atoms with Gasteiger partial charge in [0.15, 0.2) is 0 Å². The number of hydrogen-bond donors (Lipinski definition) is 2. The number of rotatable bonds is 8. The minimum atomic E-state index is -4.23. The summed E-state index contributed by atoms with van der Waals surface area (Å²) in [5.74, 6) is 0.0122. The topological polar surface area (TPSA) is 119 Å². The lowest BCUT2D eigenvalue weighted by Crippen LogP contribution is -2.32. The summed E-state index contributed by atoms with van der Waals surface area (Å²) in [6.45, 7) is 1.41. The standard InChI is InChI=1S/C22H23FN4O4S/c1-14-9-18(25)16(12-24)10-20(14)32(28,29)27(22-6-4-5-21(23)26-22)13-15-7-8-17(30-2)11-19(15)31-3/h4-12,24H,13,25H2,1-3H3. The number of aromatic nitrogens is 1. The van der Waals surface area contributed by atoms with Crippen LogP contribution in [-0.4, -0.2) is 33.8 Å². The normalized spacial score (nSPS) is 11.1. The largest absolute Gasteiger partial charge is 0.497 e. The molecule has 0 spiro atoms. The van der Waals surface area contributed by atoms with Crippen LogP contribution in [0.3, 0.4) is 0 Å². The number of nitrogens with zero attached hydrogens (tertiary/aromatic N) is 2. The van der Waals surface area contributed by atoms with Crippen LogP contribution in [0.15, 0.2) is 53.4 Å². The van der Waals surface area contributed by atoms with Crippen molar-refractivity contribution < 1.29 is 22.3 Å². The van der Waals surface area contributed by atoms with Crippen molar-refractivity contribution in [1.29, 1.82) is 5.41 Å².